The van der Waals surface area contributed by atoms with Crippen molar-refractivity contribution in [3.05, 3.63) is 78.9 Å². The van der Waals surface area contributed by atoms with E-state index in [2.05, 4.69) is 19.7 Å². The number of carbonyl (C=O) groups excluding carboxylic acids is 2. The SMILES string of the molecule is C=CC(=O)CCC(=O)N(C)C(CC(=C)c1ccc(C=C)c(OC)c1)c1ccc(OC)c(OC)c1. The van der Waals surface area contributed by atoms with E-state index in [-0.39, 0.29) is 30.6 Å². The Kier molecular flexibility index (Phi) is 9.68. The van der Waals surface area contributed by atoms with E-state index >= 15 is 0 Å². The molecule has 0 spiro atoms. The number of methoxy groups -OCH3 is 3. The monoisotopic (exact) mass is 463 g/mol. The molecule has 0 aliphatic heterocycles. The van der Waals surface area contributed by atoms with Crippen LogP contribution in [0.2, 0.25) is 0 Å². The number of ketones is 1. The van der Waals surface area contributed by atoms with Gasteiger partial charge in [0, 0.05) is 25.5 Å². The first-order chi connectivity index (χ1) is 16.3. The number of benzene rings is 2. The molecule has 0 aliphatic carbocycles. The van der Waals surface area contributed by atoms with E-state index < -0.39 is 0 Å². The van der Waals surface area contributed by atoms with Crippen LogP contribution in [0.1, 0.15) is 42.0 Å². The van der Waals surface area contributed by atoms with Gasteiger partial charge in [0.25, 0.3) is 0 Å². The van der Waals surface area contributed by atoms with E-state index in [0.717, 1.165) is 22.3 Å². The molecular weight excluding hydrogens is 430 g/mol. The molecule has 6 heteroatoms. The van der Waals surface area contributed by atoms with Gasteiger partial charge in [-0.15, -0.1) is 0 Å². The maximum absolute atomic E-state index is 13.0. The predicted octanol–water partition coefficient (Wildman–Crippen LogP) is 5.49. The largest absolute Gasteiger partial charge is 0.496 e. The third-order valence-electron chi connectivity index (χ3n) is 5.77. The Morgan fingerprint density at radius 3 is 2.21 bits per heavy atom. The zero-order chi connectivity index (χ0) is 25.3. The maximum atomic E-state index is 13.0. The van der Waals surface area contributed by atoms with Gasteiger partial charge in [0.1, 0.15) is 5.75 Å². The number of hydrogen-bond donors (Lipinski definition) is 0. The zero-order valence-electron chi connectivity index (χ0n) is 20.4. The molecule has 2 aromatic rings. The van der Waals surface area contributed by atoms with Crippen LogP contribution in [0.5, 0.6) is 17.2 Å². The van der Waals surface area contributed by atoms with Crippen LogP contribution in [-0.4, -0.2) is 45.0 Å². The molecule has 0 bridgehead atoms. The first-order valence-electron chi connectivity index (χ1n) is 10.9. The van der Waals surface area contributed by atoms with E-state index in [4.69, 9.17) is 14.2 Å². The van der Waals surface area contributed by atoms with Crippen molar-refractivity contribution in [3.63, 3.8) is 0 Å². The van der Waals surface area contributed by atoms with Gasteiger partial charge in [-0.25, -0.2) is 0 Å². The fraction of sp³-hybridized carbons (Fsp3) is 0.286. The number of amides is 1. The van der Waals surface area contributed by atoms with Crippen molar-refractivity contribution in [2.24, 2.45) is 0 Å². The molecule has 1 unspecified atom stereocenters. The summed E-state index contributed by atoms with van der Waals surface area (Å²) in [6.45, 7) is 11.6. The topological polar surface area (TPSA) is 65.1 Å². The lowest BCUT2D eigenvalue weighted by Crippen LogP contribution is -2.31. The fourth-order valence-corrected chi connectivity index (χ4v) is 3.67. The quantitative estimate of drug-likeness (QED) is 0.367. The Morgan fingerprint density at radius 2 is 1.62 bits per heavy atom. The highest BCUT2D eigenvalue weighted by Crippen LogP contribution is 2.37. The minimum absolute atomic E-state index is 0.0967. The van der Waals surface area contributed by atoms with E-state index in [1.165, 1.54) is 6.08 Å². The molecule has 0 saturated heterocycles. The Labute approximate surface area is 202 Å². The van der Waals surface area contributed by atoms with Gasteiger partial charge in [0.2, 0.25) is 5.91 Å². The highest BCUT2D eigenvalue weighted by Gasteiger charge is 2.24. The molecule has 0 saturated carbocycles. The molecule has 0 aliphatic rings. The van der Waals surface area contributed by atoms with Crippen LogP contribution in [0.4, 0.5) is 0 Å². The molecule has 1 atom stereocenters. The van der Waals surface area contributed by atoms with Gasteiger partial charge in [0.05, 0.1) is 27.4 Å². The van der Waals surface area contributed by atoms with Crippen LogP contribution in [0, 0.1) is 0 Å². The van der Waals surface area contributed by atoms with Crippen molar-refractivity contribution in [2.45, 2.75) is 25.3 Å². The summed E-state index contributed by atoms with van der Waals surface area (Å²) in [6.07, 6.45) is 3.64. The first-order valence-corrected chi connectivity index (χ1v) is 10.9. The molecule has 0 radical (unpaired) electrons. The summed E-state index contributed by atoms with van der Waals surface area (Å²) in [5, 5.41) is 0. The predicted molar refractivity (Wildman–Crippen MR) is 136 cm³/mol. The molecule has 0 N–H and O–H groups in total. The van der Waals surface area contributed by atoms with Crippen molar-refractivity contribution in [2.75, 3.05) is 28.4 Å². The minimum atomic E-state index is -0.344. The summed E-state index contributed by atoms with van der Waals surface area (Å²) in [5.74, 6) is 1.55. The van der Waals surface area contributed by atoms with Crippen LogP contribution >= 0.6 is 0 Å². The smallest absolute Gasteiger partial charge is 0.223 e. The number of nitrogens with zero attached hydrogens (tertiary/aromatic N) is 1. The highest BCUT2D eigenvalue weighted by molar-refractivity contribution is 5.92. The van der Waals surface area contributed by atoms with E-state index in [1.807, 2.05) is 36.4 Å². The normalized spacial score (nSPS) is 11.2. The maximum Gasteiger partial charge on any atom is 0.223 e. The molecule has 0 fully saturated rings. The third kappa shape index (κ3) is 6.38. The molecule has 34 heavy (non-hydrogen) atoms. The lowest BCUT2D eigenvalue weighted by atomic mass is 9.93. The van der Waals surface area contributed by atoms with Crippen LogP contribution < -0.4 is 14.2 Å². The molecule has 0 aromatic heterocycles. The molecule has 0 heterocycles. The summed E-state index contributed by atoms with van der Waals surface area (Å²) in [6, 6.07) is 11.0. The molecule has 1 amide bonds. The van der Waals surface area contributed by atoms with Crippen LogP contribution in [0.3, 0.4) is 0 Å². The number of carbonyl (C=O) groups is 2. The second-order valence-corrected chi connectivity index (χ2v) is 7.77. The number of rotatable bonds is 13. The highest BCUT2D eigenvalue weighted by atomic mass is 16.5. The Balaban J connectivity index is 2.41. The second kappa shape index (κ2) is 12.4. The molecular formula is C28H33NO5. The molecule has 2 rings (SSSR count). The second-order valence-electron chi connectivity index (χ2n) is 7.77. The van der Waals surface area contributed by atoms with Gasteiger partial charge in [-0.1, -0.05) is 44.0 Å². The average molecular weight is 464 g/mol. The van der Waals surface area contributed by atoms with Crippen molar-refractivity contribution in [1.29, 1.82) is 0 Å². The summed E-state index contributed by atoms with van der Waals surface area (Å²) in [7, 11) is 6.48. The van der Waals surface area contributed by atoms with Gasteiger partial charge >= 0.3 is 0 Å². The van der Waals surface area contributed by atoms with E-state index in [0.29, 0.717) is 23.7 Å². The average Bonchev–Trinajstić information content (AvgIpc) is 2.88. The number of ether oxygens (including phenoxy) is 3. The van der Waals surface area contributed by atoms with Crippen LogP contribution in [0.25, 0.3) is 11.6 Å². The lowest BCUT2D eigenvalue weighted by Gasteiger charge is -2.30. The number of allylic oxidation sites excluding steroid dienone is 1. The molecule has 180 valence electrons. The number of hydrogen-bond acceptors (Lipinski definition) is 5. The first kappa shape index (κ1) is 26.5. The zero-order valence-corrected chi connectivity index (χ0v) is 20.4. The Morgan fingerprint density at radius 1 is 0.941 bits per heavy atom. The molecule has 6 nitrogen and oxygen atoms in total. The van der Waals surface area contributed by atoms with Gasteiger partial charge in [-0.05, 0) is 47.4 Å². The minimum Gasteiger partial charge on any atom is -0.496 e. The fourth-order valence-electron chi connectivity index (χ4n) is 3.67. The third-order valence-corrected chi connectivity index (χ3v) is 5.77. The molecule has 2 aromatic carbocycles. The summed E-state index contributed by atoms with van der Waals surface area (Å²) >= 11 is 0. The van der Waals surface area contributed by atoms with Crippen molar-refractivity contribution < 1.29 is 23.8 Å². The van der Waals surface area contributed by atoms with E-state index in [1.54, 1.807) is 39.4 Å². The van der Waals surface area contributed by atoms with E-state index in [9.17, 15) is 9.59 Å². The van der Waals surface area contributed by atoms with Gasteiger partial charge in [-0.2, -0.15) is 0 Å². The summed E-state index contributed by atoms with van der Waals surface area (Å²) in [5.41, 5.74) is 3.47. The van der Waals surface area contributed by atoms with Crippen molar-refractivity contribution >= 4 is 23.3 Å². The van der Waals surface area contributed by atoms with Gasteiger partial charge in [-0.3, -0.25) is 9.59 Å². The van der Waals surface area contributed by atoms with Crippen molar-refractivity contribution in [1.82, 2.24) is 4.90 Å². The Hall–Kier alpha value is -3.80. The Bertz CT molecular complexity index is 1070. The standard InChI is InChI=1S/C28H33NO5/c1-8-20-10-11-21(17-26(20)33-6)19(3)16-24(29(4)28(31)15-13-23(30)9-2)22-12-14-25(32-5)27(18-22)34-7/h8-12,14,17-18,24H,1-3,13,15-16H2,4-7H3. The lowest BCUT2D eigenvalue weighted by molar-refractivity contribution is -0.133. The van der Waals surface area contributed by atoms with Gasteiger partial charge in [0.15, 0.2) is 17.3 Å². The van der Waals surface area contributed by atoms with Gasteiger partial charge < -0.3 is 19.1 Å². The summed E-state index contributed by atoms with van der Waals surface area (Å²) in [4.78, 5) is 26.3. The summed E-state index contributed by atoms with van der Waals surface area (Å²) < 4.78 is 16.3. The van der Waals surface area contributed by atoms with Crippen LogP contribution in [-0.2, 0) is 9.59 Å². The van der Waals surface area contributed by atoms with Crippen LogP contribution in [0.15, 0.2) is 62.2 Å². The van der Waals surface area contributed by atoms with Crippen molar-refractivity contribution in [3.8, 4) is 17.2 Å².